The van der Waals surface area contributed by atoms with Gasteiger partial charge < -0.3 is 10.7 Å². The zero-order valence-electron chi connectivity index (χ0n) is 21.1. The van der Waals surface area contributed by atoms with E-state index in [9.17, 15) is 11.0 Å². The molecule has 0 spiro atoms. The smallest absolute Gasteiger partial charge is 0.123 e. The van der Waals surface area contributed by atoms with Gasteiger partial charge in [-0.15, -0.1) is 5.53 Å². The van der Waals surface area contributed by atoms with Gasteiger partial charge in [0.1, 0.15) is 11.9 Å². The van der Waals surface area contributed by atoms with Crippen molar-refractivity contribution in [3.05, 3.63) is 76.5 Å². The van der Waals surface area contributed by atoms with E-state index in [0.717, 1.165) is 12.8 Å². The van der Waals surface area contributed by atoms with Crippen LogP contribution in [0.2, 0.25) is 5.02 Å². The van der Waals surface area contributed by atoms with Crippen molar-refractivity contribution in [1.29, 1.82) is 5.26 Å². The van der Waals surface area contributed by atoms with Crippen molar-refractivity contribution in [3.8, 4) is 6.07 Å². The van der Waals surface area contributed by atoms with Crippen molar-refractivity contribution in [2.75, 3.05) is 10.8 Å². The number of hydrogen-bond acceptors (Lipinski definition) is 8. The van der Waals surface area contributed by atoms with E-state index in [1.54, 1.807) is 24.3 Å². The van der Waals surface area contributed by atoms with E-state index in [2.05, 4.69) is 32.8 Å². The van der Waals surface area contributed by atoms with E-state index >= 15 is 0 Å². The molecule has 1 aliphatic heterocycles. The molecule has 1 saturated carbocycles. The van der Waals surface area contributed by atoms with E-state index in [0.29, 0.717) is 44.6 Å². The van der Waals surface area contributed by atoms with E-state index < -0.39 is 17.4 Å². The minimum absolute atomic E-state index is 0.282. The lowest BCUT2D eigenvalue weighted by atomic mass is 10.0. The van der Waals surface area contributed by atoms with Crippen LogP contribution >= 0.6 is 11.6 Å². The molecule has 3 aromatic rings. The number of rotatable bonds is 7. The number of nitrogens with zero attached hydrogens (tertiary/aromatic N) is 3. The highest BCUT2D eigenvalue weighted by Gasteiger charge is 2.32. The van der Waals surface area contributed by atoms with Gasteiger partial charge in [0.25, 0.3) is 0 Å². The highest BCUT2D eigenvalue weighted by atomic mass is 35.5. The summed E-state index contributed by atoms with van der Waals surface area (Å²) in [4.78, 5) is 10.1. The summed E-state index contributed by atoms with van der Waals surface area (Å²) in [6, 6.07) is 10.2. The van der Waals surface area contributed by atoms with Gasteiger partial charge in [-0.05, 0) is 63.4 Å². The second-order valence-electron chi connectivity index (χ2n) is 9.75. The number of halogens is 2. The van der Waals surface area contributed by atoms with Crippen molar-refractivity contribution in [1.82, 2.24) is 21.0 Å². The Balaban J connectivity index is 1.60. The molecule has 186 valence electrons. The van der Waals surface area contributed by atoms with Gasteiger partial charge >= 0.3 is 0 Å². The molecule has 1 aromatic heterocycles. The van der Waals surface area contributed by atoms with Crippen molar-refractivity contribution < 1.29 is 10.6 Å². The Morgan fingerprint density at radius 2 is 2.06 bits per heavy atom. The van der Waals surface area contributed by atoms with Crippen LogP contribution in [0.15, 0.2) is 54.5 Å². The Labute approximate surface area is 215 Å². The summed E-state index contributed by atoms with van der Waals surface area (Å²) in [5.74, 6) is -0.393. The third kappa shape index (κ3) is 5.16. The number of pyridine rings is 1. The fourth-order valence-corrected chi connectivity index (χ4v) is 4.06. The predicted octanol–water partition coefficient (Wildman–Crippen LogP) is 5.52. The molecule has 36 heavy (non-hydrogen) atoms. The molecule has 0 saturated heterocycles. The molecule has 4 N–H and O–H groups in total. The molecule has 2 aliphatic rings. The number of hydrogen-bond donors (Lipinski definition) is 4. The highest BCUT2D eigenvalue weighted by Crippen LogP contribution is 2.37. The Morgan fingerprint density at radius 1 is 1.31 bits per heavy atom. The summed E-state index contributed by atoms with van der Waals surface area (Å²) >= 11 is 6.63. The molecule has 5 rings (SSSR count). The topological polar surface area (TPSA) is 97.3 Å². The summed E-state index contributed by atoms with van der Waals surface area (Å²) in [6.07, 6.45) is 5.42. The van der Waals surface area contributed by atoms with Crippen LogP contribution in [0, 0.1) is 17.1 Å². The molecule has 0 bridgehead atoms. The first-order valence-electron chi connectivity index (χ1n) is 12.1. The van der Waals surface area contributed by atoms with Gasteiger partial charge in [-0.3, -0.25) is 20.3 Å². The number of aromatic nitrogens is 1. The molecular weight excluding hydrogens is 481 g/mol. The van der Waals surface area contributed by atoms with Gasteiger partial charge in [-0.2, -0.15) is 5.26 Å². The molecule has 10 heteroatoms. The molecule has 0 radical (unpaired) electrons. The average molecular weight is 509 g/mol. The summed E-state index contributed by atoms with van der Waals surface area (Å²) in [7, 11) is 0. The number of benzene rings is 2. The van der Waals surface area contributed by atoms with Gasteiger partial charge in [-0.1, -0.05) is 23.7 Å². The monoisotopic (exact) mass is 508 g/mol. The van der Waals surface area contributed by atoms with Crippen LogP contribution < -0.4 is 21.8 Å². The lowest BCUT2D eigenvalue weighted by Crippen LogP contribution is -2.38. The van der Waals surface area contributed by atoms with Crippen LogP contribution in [0.25, 0.3) is 10.9 Å². The van der Waals surface area contributed by atoms with Crippen LogP contribution in [0.3, 0.4) is 0 Å². The van der Waals surface area contributed by atoms with E-state index in [1.165, 1.54) is 18.3 Å². The van der Waals surface area contributed by atoms with E-state index in [4.69, 9.17) is 16.4 Å². The fraction of sp³-hybridized carbons (Fsp3) is 0.308. The maximum atomic E-state index is 13.8. The SMILES string of the molecule is [2H][C@](Nc1cc(Cl)c2ncc(C#N)c(NOC(C)(C)C)c2c1)(C1=CN(C2CC2)NN1)c1ccc(F)cc1. The Morgan fingerprint density at radius 3 is 2.72 bits per heavy atom. The largest absolute Gasteiger partial charge is 0.373 e. The summed E-state index contributed by atoms with van der Waals surface area (Å²) in [6.45, 7) is 5.65. The maximum Gasteiger partial charge on any atom is 0.123 e. The van der Waals surface area contributed by atoms with Gasteiger partial charge in [0.2, 0.25) is 0 Å². The molecule has 1 fully saturated rings. The van der Waals surface area contributed by atoms with Gasteiger partial charge in [0, 0.05) is 29.5 Å². The third-order valence-corrected chi connectivity index (χ3v) is 5.99. The van der Waals surface area contributed by atoms with Gasteiger partial charge in [-0.25, -0.2) is 4.39 Å². The number of nitriles is 1. The van der Waals surface area contributed by atoms with Gasteiger partial charge in [0.05, 0.1) is 40.5 Å². The van der Waals surface area contributed by atoms with E-state index in [1.807, 2.05) is 32.0 Å². The predicted molar refractivity (Wildman–Crippen MR) is 138 cm³/mol. The van der Waals surface area contributed by atoms with Crippen molar-refractivity contribution in [3.63, 3.8) is 0 Å². The molecule has 1 aliphatic carbocycles. The van der Waals surface area contributed by atoms with Crippen molar-refractivity contribution >= 4 is 33.9 Å². The van der Waals surface area contributed by atoms with Crippen LogP contribution in [-0.2, 0) is 4.84 Å². The highest BCUT2D eigenvalue weighted by molar-refractivity contribution is 6.35. The van der Waals surface area contributed by atoms with Crippen LogP contribution in [0.5, 0.6) is 0 Å². The second-order valence-corrected chi connectivity index (χ2v) is 10.2. The van der Waals surface area contributed by atoms with Gasteiger partial charge in [0.15, 0.2) is 0 Å². The Hall–Kier alpha value is -3.58. The molecule has 8 nitrogen and oxygen atoms in total. The summed E-state index contributed by atoms with van der Waals surface area (Å²) in [5.41, 5.74) is 11.3. The molecule has 2 aromatic carbocycles. The Kier molecular flexibility index (Phi) is 6.01. The first-order valence-corrected chi connectivity index (χ1v) is 12.0. The lowest BCUT2D eigenvalue weighted by Gasteiger charge is -2.23. The standard InChI is InChI=1S/C26H27ClFN7O/c1-26(2,3)36-33-23-16(12-29)13-30-25-20(23)10-18(11-21(25)27)31-24(15-4-6-17(28)7-5-15)22-14-35(34-32-22)19-8-9-19/h4-7,10-11,13-14,19,24,31-32,34H,8-9H2,1-3H3,(H,30,33)/t24-/m1/s1/i24D. The quantitative estimate of drug-likeness (QED) is 0.310. The average Bonchev–Trinajstić information content (AvgIpc) is 3.58. The van der Waals surface area contributed by atoms with Crippen LogP contribution in [0.1, 0.15) is 52.1 Å². The molecule has 2 heterocycles. The zero-order chi connectivity index (χ0) is 26.4. The third-order valence-electron chi connectivity index (χ3n) is 5.70. The summed E-state index contributed by atoms with van der Waals surface area (Å²) in [5, 5.41) is 15.8. The normalized spacial score (nSPS) is 17.6. The number of anilines is 2. The first-order chi connectivity index (χ1) is 17.6. The van der Waals surface area contributed by atoms with Crippen molar-refractivity contribution in [2.24, 2.45) is 0 Å². The molecular formula is C26H27ClFN7O. The molecule has 0 unspecified atom stereocenters. The minimum Gasteiger partial charge on any atom is -0.373 e. The van der Waals surface area contributed by atoms with E-state index in [-0.39, 0.29) is 5.56 Å². The number of nitrogens with one attached hydrogen (secondary N) is 4. The number of hydrazine groups is 2. The fourth-order valence-electron chi connectivity index (χ4n) is 3.79. The lowest BCUT2D eigenvalue weighted by molar-refractivity contribution is 0.0377. The van der Waals surface area contributed by atoms with Crippen LogP contribution in [-0.4, -0.2) is 21.6 Å². The Bertz CT molecular complexity index is 1420. The second kappa shape index (κ2) is 9.47. The van der Waals surface area contributed by atoms with Crippen LogP contribution in [0.4, 0.5) is 15.8 Å². The first kappa shape index (κ1) is 22.9. The number of fused-ring (bicyclic) bond motifs is 1. The molecule has 1 atom stereocenters. The van der Waals surface area contributed by atoms with Crippen molar-refractivity contribution in [2.45, 2.75) is 51.3 Å². The summed E-state index contributed by atoms with van der Waals surface area (Å²) < 4.78 is 23.3. The minimum atomic E-state index is -1.53. The molecule has 0 amide bonds. The zero-order valence-corrected chi connectivity index (χ0v) is 20.9. The maximum absolute atomic E-state index is 13.8.